The summed E-state index contributed by atoms with van der Waals surface area (Å²) in [6, 6.07) is 8.79. The molecule has 3 heteroatoms. The van der Waals surface area contributed by atoms with Crippen LogP contribution in [-0.4, -0.2) is 39.3 Å². The lowest BCUT2D eigenvalue weighted by Gasteiger charge is -2.36. The molecular weight excluding hydrogens is 246 g/mol. The molecule has 1 saturated heterocycles. The smallest absolute Gasteiger partial charge is 0.0604 e. The lowest BCUT2D eigenvalue weighted by Crippen LogP contribution is -2.51. The molecule has 1 aromatic rings. The Kier molecular flexibility index (Phi) is 3.63. The van der Waals surface area contributed by atoms with Crippen LogP contribution in [0.1, 0.15) is 26.2 Å². The van der Waals surface area contributed by atoms with Gasteiger partial charge in [0, 0.05) is 32.7 Å². The van der Waals surface area contributed by atoms with Crippen LogP contribution in [0.5, 0.6) is 0 Å². The van der Waals surface area contributed by atoms with Crippen molar-refractivity contribution >= 4 is 11.4 Å². The predicted octanol–water partition coefficient (Wildman–Crippen LogP) is 2.72. The lowest BCUT2D eigenvalue weighted by atomic mass is 9.95. The van der Waals surface area contributed by atoms with Crippen LogP contribution in [0.3, 0.4) is 0 Å². The molecule has 1 aromatic carbocycles. The zero-order valence-electron chi connectivity index (χ0n) is 13.0. The van der Waals surface area contributed by atoms with E-state index >= 15 is 0 Å². The highest BCUT2D eigenvalue weighted by Crippen LogP contribution is 2.41. The van der Waals surface area contributed by atoms with Crippen molar-refractivity contribution < 1.29 is 0 Å². The maximum absolute atomic E-state index is 3.81. The zero-order chi connectivity index (χ0) is 14.2. The van der Waals surface area contributed by atoms with Crippen molar-refractivity contribution in [3.63, 3.8) is 0 Å². The van der Waals surface area contributed by atoms with Crippen molar-refractivity contribution in [3.05, 3.63) is 24.3 Å². The number of benzene rings is 1. The van der Waals surface area contributed by atoms with Gasteiger partial charge in [-0.25, -0.2) is 0 Å². The second kappa shape index (κ2) is 5.28. The maximum atomic E-state index is 3.81. The largest absolute Gasteiger partial charge is 0.376 e. The molecular formula is C17H27N3. The van der Waals surface area contributed by atoms with Crippen LogP contribution in [0.4, 0.5) is 11.4 Å². The van der Waals surface area contributed by atoms with Crippen molar-refractivity contribution in [1.82, 2.24) is 5.32 Å². The Hall–Kier alpha value is -1.22. The number of nitrogens with zero attached hydrogens (tertiary/aromatic N) is 2. The highest BCUT2D eigenvalue weighted by atomic mass is 15.2. The monoisotopic (exact) mass is 273 g/mol. The standard InChI is InChI=1S/C17H27N3/c1-17(14-9-10-14)13-20(12-6-11-18-17)16-8-5-4-7-15(16)19(2)3/h4-5,7-8,14,18H,6,9-13H2,1-3H3. The third-order valence-corrected chi connectivity index (χ3v) is 4.84. The van der Waals surface area contributed by atoms with Gasteiger partial charge < -0.3 is 15.1 Å². The van der Waals surface area contributed by atoms with Crippen LogP contribution >= 0.6 is 0 Å². The Morgan fingerprint density at radius 3 is 2.70 bits per heavy atom. The molecule has 0 aromatic heterocycles. The predicted molar refractivity (Wildman–Crippen MR) is 86.7 cm³/mol. The van der Waals surface area contributed by atoms with Gasteiger partial charge in [0.05, 0.1) is 11.4 Å². The summed E-state index contributed by atoms with van der Waals surface area (Å²) in [4.78, 5) is 4.82. The fraction of sp³-hybridized carbons (Fsp3) is 0.647. The number of para-hydroxylation sites is 2. The van der Waals surface area contributed by atoms with E-state index in [9.17, 15) is 0 Å². The minimum atomic E-state index is 0.288. The average molecular weight is 273 g/mol. The van der Waals surface area contributed by atoms with Gasteiger partial charge in [-0.05, 0) is 50.8 Å². The van der Waals surface area contributed by atoms with Crippen LogP contribution in [0.15, 0.2) is 24.3 Å². The average Bonchev–Trinajstić information content (AvgIpc) is 3.26. The molecule has 3 nitrogen and oxygen atoms in total. The Bertz CT molecular complexity index is 467. The van der Waals surface area contributed by atoms with Gasteiger partial charge in [0.2, 0.25) is 0 Å². The van der Waals surface area contributed by atoms with E-state index in [0.29, 0.717) is 0 Å². The van der Waals surface area contributed by atoms with E-state index < -0.39 is 0 Å². The molecule has 1 saturated carbocycles. The lowest BCUT2D eigenvalue weighted by molar-refractivity contribution is 0.331. The summed E-state index contributed by atoms with van der Waals surface area (Å²) in [5, 5.41) is 3.81. The first kappa shape index (κ1) is 13.7. The van der Waals surface area contributed by atoms with Crippen molar-refractivity contribution in [1.29, 1.82) is 0 Å². The first-order chi connectivity index (χ1) is 9.60. The molecule has 0 amide bonds. The van der Waals surface area contributed by atoms with Crippen molar-refractivity contribution in [2.75, 3.05) is 43.5 Å². The highest BCUT2D eigenvalue weighted by molar-refractivity contribution is 5.71. The normalized spacial score (nSPS) is 27.2. The maximum Gasteiger partial charge on any atom is 0.0604 e. The highest BCUT2D eigenvalue weighted by Gasteiger charge is 2.43. The van der Waals surface area contributed by atoms with Gasteiger partial charge in [0.1, 0.15) is 0 Å². The van der Waals surface area contributed by atoms with Gasteiger partial charge in [-0.15, -0.1) is 0 Å². The number of nitrogens with one attached hydrogen (secondary N) is 1. The van der Waals surface area contributed by atoms with Crippen LogP contribution in [0.25, 0.3) is 0 Å². The summed E-state index contributed by atoms with van der Waals surface area (Å²) in [5.41, 5.74) is 3.00. The minimum Gasteiger partial charge on any atom is -0.376 e. The molecule has 0 radical (unpaired) electrons. The molecule has 1 aliphatic carbocycles. The molecule has 1 unspecified atom stereocenters. The summed E-state index contributed by atoms with van der Waals surface area (Å²) >= 11 is 0. The van der Waals surface area contributed by atoms with E-state index in [1.54, 1.807) is 0 Å². The molecule has 2 fully saturated rings. The van der Waals surface area contributed by atoms with Crippen molar-refractivity contribution in [2.24, 2.45) is 5.92 Å². The van der Waals surface area contributed by atoms with Gasteiger partial charge in [-0.2, -0.15) is 0 Å². The minimum absolute atomic E-state index is 0.288. The Morgan fingerprint density at radius 2 is 2.00 bits per heavy atom. The van der Waals surface area contributed by atoms with Crippen LogP contribution in [0.2, 0.25) is 0 Å². The quantitative estimate of drug-likeness (QED) is 0.913. The van der Waals surface area contributed by atoms with Gasteiger partial charge in [-0.1, -0.05) is 12.1 Å². The molecule has 0 bridgehead atoms. The fourth-order valence-electron chi connectivity index (χ4n) is 3.48. The SMILES string of the molecule is CN(C)c1ccccc1N1CCCNC(C)(C2CC2)C1. The van der Waals surface area contributed by atoms with Gasteiger partial charge >= 0.3 is 0 Å². The van der Waals surface area contributed by atoms with E-state index in [1.807, 2.05) is 0 Å². The summed E-state index contributed by atoms with van der Waals surface area (Å²) in [7, 11) is 4.27. The third kappa shape index (κ3) is 2.64. The van der Waals surface area contributed by atoms with Gasteiger partial charge in [0.15, 0.2) is 0 Å². The molecule has 1 heterocycles. The fourth-order valence-corrected chi connectivity index (χ4v) is 3.48. The molecule has 20 heavy (non-hydrogen) atoms. The molecule has 3 rings (SSSR count). The van der Waals surface area contributed by atoms with Gasteiger partial charge in [-0.3, -0.25) is 0 Å². The Labute approximate surface area is 123 Å². The van der Waals surface area contributed by atoms with E-state index in [0.717, 1.165) is 25.6 Å². The van der Waals surface area contributed by atoms with Gasteiger partial charge in [0.25, 0.3) is 0 Å². The molecule has 1 aliphatic heterocycles. The van der Waals surface area contributed by atoms with Crippen molar-refractivity contribution in [2.45, 2.75) is 31.7 Å². The van der Waals surface area contributed by atoms with Crippen LogP contribution < -0.4 is 15.1 Å². The van der Waals surface area contributed by atoms with E-state index in [-0.39, 0.29) is 5.54 Å². The first-order valence-electron chi connectivity index (χ1n) is 7.86. The Morgan fingerprint density at radius 1 is 1.25 bits per heavy atom. The van der Waals surface area contributed by atoms with Crippen LogP contribution in [0, 0.1) is 5.92 Å². The molecule has 0 spiro atoms. The summed E-state index contributed by atoms with van der Waals surface area (Å²) < 4.78 is 0. The number of anilines is 2. The molecule has 110 valence electrons. The number of rotatable bonds is 3. The Balaban J connectivity index is 1.88. The number of hydrogen-bond acceptors (Lipinski definition) is 3. The molecule has 2 aliphatic rings. The number of hydrogen-bond donors (Lipinski definition) is 1. The summed E-state index contributed by atoms with van der Waals surface area (Å²) in [6.45, 7) is 5.84. The zero-order valence-corrected chi connectivity index (χ0v) is 13.0. The topological polar surface area (TPSA) is 18.5 Å². The second-order valence-corrected chi connectivity index (χ2v) is 6.78. The summed E-state index contributed by atoms with van der Waals surface area (Å²) in [5.74, 6) is 0.870. The molecule has 1 N–H and O–H groups in total. The van der Waals surface area contributed by atoms with E-state index in [4.69, 9.17) is 0 Å². The first-order valence-corrected chi connectivity index (χ1v) is 7.86. The van der Waals surface area contributed by atoms with Crippen LogP contribution in [-0.2, 0) is 0 Å². The molecule has 1 atom stereocenters. The second-order valence-electron chi connectivity index (χ2n) is 6.78. The van der Waals surface area contributed by atoms with E-state index in [2.05, 4.69) is 60.4 Å². The third-order valence-electron chi connectivity index (χ3n) is 4.84. The van der Waals surface area contributed by atoms with Crippen molar-refractivity contribution in [3.8, 4) is 0 Å². The van der Waals surface area contributed by atoms with E-state index in [1.165, 1.54) is 30.6 Å². The summed E-state index contributed by atoms with van der Waals surface area (Å²) in [6.07, 6.45) is 4.02.